The van der Waals surface area contributed by atoms with E-state index in [0.29, 0.717) is 6.04 Å². The van der Waals surface area contributed by atoms with Crippen LogP contribution in [0.4, 0.5) is 5.82 Å². The number of benzene rings is 1. The van der Waals surface area contributed by atoms with Crippen molar-refractivity contribution >= 4 is 27.4 Å². The first-order valence-corrected chi connectivity index (χ1v) is 12.8. The topological polar surface area (TPSA) is 75.9 Å². The summed E-state index contributed by atoms with van der Waals surface area (Å²) in [6.07, 6.45) is 3.94. The van der Waals surface area contributed by atoms with E-state index in [1.807, 2.05) is 17.8 Å². The number of pyridine rings is 1. The van der Waals surface area contributed by atoms with E-state index in [0.717, 1.165) is 51.3 Å². The Morgan fingerprint density at radius 1 is 1.00 bits per heavy atom. The zero-order chi connectivity index (χ0) is 25.0. The number of anilines is 1. The molecule has 8 heteroatoms. The molecule has 1 N–H and O–H groups in total. The van der Waals surface area contributed by atoms with Crippen molar-refractivity contribution < 1.29 is 0 Å². The average Bonchev–Trinajstić information content (AvgIpc) is 3.28. The van der Waals surface area contributed by atoms with Gasteiger partial charge in [0, 0.05) is 60.2 Å². The summed E-state index contributed by atoms with van der Waals surface area (Å²) in [6, 6.07) is 12.1. The van der Waals surface area contributed by atoms with Crippen LogP contribution in [0.25, 0.3) is 32.6 Å². The van der Waals surface area contributed by atoms with Crippen LogP contribution in [0.3, 0.4) is 0 Å². The monoisotopic (exact) mass is 488 g/mol. The number of aromatic nitrogens is 4. The molecule has 0 saturated carbocycles. The van der Waals surface area contributed by atoms with Crippen molar-refractivity contribution in [2.75, 3.05) is 11.9 Å². The fourth-order valence-electron chi connectivity index (χ4n) is 5.52. The lowest BCUT2D eigenvalue weighted by molar-refractivity contribution is 0.160. The highest BCUT2D eigenvalue weighted by Crippen LogP contribution is 2.37. The van der Waals surface area contributed by atoms with Crippen LogP contribution in [-0.4, -0.2) is 43.9 Å². The number of fused-ring (bicyclic) bond motifs is 1. The molecule has 1 aromatic carbocycles. The molecule has 1 saturated heterocycles. The quantitative estimate of drug-likeness (QED) is 0.442. The third kappa shape index (κ3) is 4.60. The van der Waals surface area contributed by atoms with E-state index >= 15 is 0 Å². The SMILES string of the molecule is CN(c1ccc(-c2ccc(-c3ccc(=O)n(C)c3)c3ncsc23)nn1)C1CC(C)(C)NC(C)(C)C1. The van der Waals surface area contributed by atoms with Gasteiger partial charge in [-0.1, -0.05) is 12.1 Å². The van der Waals surface area contributed by atoms with Crippen molar-refractivity contribution in [1.82, 2.24) is 25.1 Å². The van der Waals surface area contributed by atoms with Gasteiger partial charge in [-0.25, -0.2) is 4.98 Å². The highest BCUT2D eigenvalue weighted by atomic mass is 32.1. The van der Waals surface area contributed by atoms with Crippen molar-refractivity contribution in [2.24, 2.45) is 7.05 Å². The lowest BCUT2D eigenvalue weighted by Crippen LogP contribution is -2.62. The predicted octanol–water partition coefficient (Wildman–Crippen LogP) is 4.86. The van der Waals surface area contributed by atoms with Gasteiger partial charge in [-0.15, -0.1) is 21.5 Å². The van der Waals surface area contributed by atoms with Crippen molar-refractivity contribution in [3.8, 4) is 22.4 Å². The van der Waals surface area contributed by atoms with E-state index < -0.39 is 0 Å². The summed E-state index contributed by atoms with van der Waals surface area (Å²) in [7, 11) is 3.88. The molecule has 0 atom stereocenters. The molecule has 4 heterocycles. The molecule has 1 aliphatic heterocycles. The molecule has 1 fully saturated rings. The van der Waals surface area contributed by atoms with E-state index in [1.165, 1.54) is 0 Å². The minimum atomic E-state index is -0.0307. The summed E-state index contributed by atoms with van der Waals surface area (Å²) in [5.74, 6) is 0.884. The molecule has 0 aliphatic carbocycles. The van der Waals surface area contributed by atoms with E-state index in [4.69, 9.17) is 0 Å². The van der Waals surface area contributed by atoms with Crippen LogP contribution in [0, 0.1) is 0 Å². The van der Waals surface area contributed by atoms with Crippen molar-refractivity contribution in [3.05, 3.63) is 58.5 Å². The first-order chi connectivity index (χ1) is 16.5. The van der Waals surface area contributed by atoms with Gasteiger partial charge in [0.2, 0.25) is 5.56 Å². The number of piperidine rings is 1. The van der Waals surface area contributed by atoms with Gasteiger partial charge in [0.05, 0.1) is 21.4 Å². The molecule has 35 heavy (non-hydrogen) atoms. The second kappa shape index (κ2) is 8.53. The molecule has 1 aliphatic rings. The molecule has 0 bridgehead atoms. The highest BCUT2D eigenvalue weighted by molar-refractivity contribution is 7.17. The Hall–Kier alpha value is -3.10. The average molecular weight is 489 g/mol. The molecule has 5 rings (SSSR count). The smallest absolute Gasteiger partial charge is 0.250 e. The van der Waals surface area contributed by atoms with Gasteiger partial charge in [0.1, 0.15) is 0 Å². The van der Waals surface area contributed by atoms with Gasteiger partial charge in [-0.3, -0.25) is 4.79 Å². The lowest BCUT2D eigenvalue weighted by atomic mass is 9.79. The van der Waals surface area contributed by atoms with Crippen LogP contribution >= 0.6 is 11.3 Å². The molecule has 0 radical (unpaired) electrons. The molecule has 3 aromatic heterocycles. The summed E-state index contributed by atoms with van der Waals surface area (Å²) >= 11 is 1.59. The minimum Gasteiger partial charge on any atom is -0.355 e. The van der Waals surface area contributed by atoms with Crippen molar-refractivity contribution in [3.63, 3.8) is 0 Å². The third-order valence-corrected chi connectivity index (χ3v) is 7.74. The maximum absolute atomic E-state index is 11.8. The van der Waals surface area contributed by atoms with Gasteiger partial charge in [-0.2, -0.15) is 0 Å². The summed E-state index contributed by atoms with van der Waals surface area (Å²) in [5.41, 5.74) is 6.68. The van der Waals surface area contributed by atoms with Crippen LogP contribution < -0.4 is 15.8 Å². The molecule has 182 valence electrons. The first-order valence-electron chi connectivity index (χ1n) is 11.9. The number of rotatable bonds is 4. The number of aryl methyl sites for hydroxylation is 1. The standard InChI is InChI=1S/C27H32N6OS/c1-26(2)13-18(14-27(3,4)31-26)33(6)22-11-10-21(29-30-22)20-9-8-19(24-25(20)35-16-28-24)17-7-12-23(34)32(5)15-17/h7-12,15-16,18,31H,13-14H2,1-6H3. The second-order valence-electron chi connectivity index (χ2n) is 10.9. The van der Waals surface area contributed by atoms with Gasteiger partial charge in [-0.05, 0) is 58.7 Å². The van der Waals surface area contributed by atoms with Crippen molar-refractivity contribution in [2.45, 2.75) is 57.7 Å². The third-order valence-electron chi connectivity index (χ3n) is 6.88. The van der Waals surface area contributed by atoms with Crippen molar-refractivity contribution in [1.29, 1.82) is 0 Å². The van der Waals surface area contributed by atoms with Crippen LogP contribution in [0.15, 0.2) is 52.9 Å². The zero-order valence-electron chi connectivity index (χ0n) is 21.2. The number of nitrogens with zero attached hydrogens (tertiary/aromatic N) is 5. The molecule has 4 aromatic rings. The Bertz CT molecular complexity index is 1420. The Labute approximate surface area is 209 Å². The predicted molar refractivity (Wildman–Crippen MR) is 144 cm³/mol. The maximum atomic E-state index is 11.8. The molecule has 0 spiro atoms. The Morgan fingerprint density at radius 2 is 1.71 bits per heavy atom. The number of hydrogen-bond acceptors (Lipinski definition) is 7. The molecular weight excluding hydrogens is 456 g/mol. The van der Waals surface area contributed by atoms with Crippen LogP contribution in [-0.2, 0) is 7.05 Å². The number of hydrogen-bond donors (Lipinski definition) is 1. The fraction of sp³-hybridized carbons (Fsp3) is 0.407. The Balaban J connectivity index is 1.45. The minimum absolute atomic E-state index is 0.0307. The van der Waals surface area contributed by atoms with Gasteiger partial charge >= 0.3 is 0 Å². The fourth-order valence-corrected chi connectivity index (χ4v) is 6.36. The molecule has 7 nitrogen and oxygen atoms in total. The summed E-state index contributed by atoms with van der Waals surface area (Å²) in [5, 5.41) is 13.0. The van der Waals surface area contributed by atoms with Gasteiger partial charge in [0.25, 0.3) is 0 Å². The number of nitrogens with one attached hydrogen (secondary N) is 1. The zero-order valence-corrected chi connectivity index (χ0v) is 22.0. The maximum Gasteiger partial charge on any atom is 0.250 e. The molecule has 0 unspecified atom stereocenters. The first kappa shape index (κ1) is 23.6. The van der Waals surface area contributed by atoms with Crippen LogP contribution in [0.2, 0.25) is 0 Å². The Morgan fingerprint density at radius 3 is 2.37 bits per heavy atom. The van der Waals surface area contributed by atoms with Crippen LogP contribution in [0.1, 0.15) is 40.5 Å². The largest absolute Gasteiger partial charge is 0.355 e. The van der Waals surface area contributed by atoms with Gasteiger partial charge < -0.3 is 14.8 Å². The highest BCUT2D eigenvalue weighted by Gasteiger charge is 2.39. The van der Waals surface area contributed by atoms with E-state index in [9.17, 15) is 4.79 Å². The summed E-state index contributed by atoms with van der Waals surface area (Å²) in [6.45, 7) is 9.07. The summed E-state index contributed by atoms with van der Waals surface area (Å²) in [4.78, 5) is 18.7. The van der Waals surface area contributed by atoms with E-state index in [1.54, 1.807) is 29.0 Å². The molecule has 0 amide bonds. The normalized spacial score (nSPS) is 17.5. The van der Waals surface area contributed by atoms with E-state index in [-0.39, 0.29) is 16.6 Å². The Kier molecular flexibility index (Phi) is 5.76. The lowest BCUT2D eigenvalue weighted by Gasteiger charge is -2.49. The summed E-state index contributed by atoms with van der Waals surface area (Å²) < 4.78 is 2.65. The second-order valence-corrected chi connectivity index (χ2v) is 11.8. The van der Waals surface area contributed by atoms with E-state index in [2.05, 4.69) is 84.4 Å². The number of thiazole rings is 1. The molecular formula is C27H32N6OS. The van der Waals surface area contributed by atoms with Gasteiger partial charge in [0.15, 0.2) is 5.82 Å². The van der Waals surface area contributed by atoms with Crippen LogP contribution in [0.5, 0.6) is 0 Å².